The fraction of sp³-hybridized carbons (Fsp3) is 0.217. The lowest BCUT2D eigenvalue weighted by molar-refractivity contribution is -0.122. The number of benzene rings is 2. The van der Waals surface area contributed by atoms with E-state index >= 15 is 0 Å². The van der Waals surface area contributed by atoms with Crippen molar-refractivity contribution in [2.24, 2.45) is 0 Å². The number of nitriles is 1. The molecule has 0 radical (unpaired) electrons. The SMILES string of the molecule is C[C@H](NC(=O)c1ccccc1)C(=O)NCCCc1nn(-c2ccccc2)c(N)c1C#N. The second-order valence-electron chi connectivity index (χ2n) is 7.02. The summed E-state index contributed by atoms with van der Waals surface area (Å²) in [6.07, 6.45) is 1.06. The normalized spacial score (nSPS) is 11.4. The monoisotopic (exact) mass is 416 g/mol. The number of para-hydroxylation sites is 1. The lowest BCUT2D eigenvalue weighted by Crippen LogP contribution is -2.45. The van der Waals surface area contributed by atoms with Crippen molar-refractivity contribution in [1.29, 1.82) is 5.26 Å². The van der Waals surface area contributed by atoms with Crippen LogP contribution < -0.4 is 16.4 Å². The molecular formula is C23H24N6O2. The number of aryl methyl sites for hydroxylation is 1. The van der Waals surface area contributed by atoms with Crippen LogP contribution in [0.15, 0.2) is 60.7 Å². The second-order valence-corrected chi connectivity index (χ2v) is 7.02. The summed E-state index contributed by atoms with van der Waals surface area (Å²) in [6.45, 7) is 2.01. The van der Waals surface area contributed by atoms with E-state index in [0.717, 1.165) is 5.69 Å². The first-order valence-electron chi connectivity index (χ1n) is 9.97. The Morgan fingerprint density at radius 1 is 1.13 bits per heavy atom. The summed E-state index contributed by atoms with van der Waals surface area (Å²) in [6, 6.07) is 19.5. The van der Waals surface area contributed by atoms with Gasteiger partial charge in [-0.2, -0.15) is 10.4 Å². The van der Waals surface area contributed by atoms with E-state index in [2.05, 4.69) is 21.8 Å². The number of amides is 2. The van der Waals surface area contributed by atoms with E-state index in [1.807, 2.05) is 36.4 Å². The summed E-state index contributed by atoms with van der Waals surface area (Å²) in [4.78, 5) is 24.4. The molecule has 1 aromatic heterocycles. The molecule has 3 aromatic rings. The van der Waals surface area contributed by atoms with Gasteiger partial charge >= 0.3 is 0 Å². The molecule has 3 rings (SSSR count). The number of hydrogen-bond acceptors (Lipinski definition) is 5. The number of anilines is 1. The van der Waals surface area contributed by atoms with Gasteiger partial charge in [0.05, 0.1) is 11.4 Å². The van der Waals surface area contributed by atoms with Gasteiger partial charge in [-0.1, -0.05) is 36.4 Å². The van der Waals surface area contributed by atoms with E-state index in [1.54, 1.807) is 35.9 Å². The molecule has 0 saturated heterocycles. The zero-order chi connectivity index (χ0) is 22.2. The molecule has 31 heavy (non-hydrogen) atoms. The summed E-state index contributed by atoms with van der Waals surface area (Å²) >= 11 is 0. The second kappa shape index (κ2) is 10.1. The molecule has 0 unspecified atom stereocenters. The average Bonchev–Trinajstić information content (AvgIpc) is 3.12. The molecule has 158 valence electrons. The Bertz CT molecular complexity index is 1090. The lowest BCUT2D eigenvalue weighted by atomic mass is 10.1. The first-order valence-corrected chi connectivity index (χ1v) is 9.97. The molecule has 2 aromatic carbocycles. The minimum atomic E-state index is -0.671. The van der Waals surface area contributed by atoms with Crippen LogP contribution in [-0.4, -0.2) is 34.2 Å². The minimum Gasteiger partial charge on any atom is -0.382 e. The first-order chi connectivity index (χ1) is 15.0. The van der Waals surface area contributed by atoms with Crippen LogP contribution in [0, 0.1) is 11.3 Å². The summed E-state index contributed by atoms with van der Waals surface area (Å²) in [7, 11) is 0. The van der Waals surface area contributed by atoms with Gasteiger partial charge in [0, 0.05) is 12.1 Å². The molecular weight excluding hydrogens is 392 g/mol. The van der Waals surface area contributed by atoms with E-state index in [1.165, 1.54) is 0 Å². The Labute approximate surface area is 180 Å². The van der Waals surface area contributed by atoms with Crippen molar-refractivity contribution in [1.82, 2.24) is 20.4 Å². The van der Waals surface area contributed by atoms with Crippen LogP contribution in [0.1, 0.15) is 35.0 Å². The van der Waals surface area contributed by atoms with E-state index in [9.17, 15) is 14.9 Å². The van der Waals surface area contributed by atoms with Crippen molar-refractivity contribution in [3.63, 3.8) is 0 Å². The van der Waals surface area contributed by atoms with Crippen LogP contribution in [0.2, 0.25) is 0 Å². The molecule has 8 heteroatoms. The molecule has 0 saturated carbocycles. The van der Waals surface area contributed by atoms with Crippen LogP contribution in [0.25, 0.3) is 5.69 Å². The highest BCUT2D eigenvalue weighted by atomic mass is 16.2. The highest BCUT2D eigenvalue weighted by Crippen LogP contribution is 2.21. The third-order valence-corrected chi connectivity index (χ3v) is 4.77. The predicted octanol–water partition coefficient (Wildman–Crippen LogP) is 2.19. The van der Waals surface area contributed by atoms with E-state index in [-0.39, 0.29) is 11.8 Å². The van der Waals surface area contributed by atoms with Gasteiger partial charge in [0.15, 0.2) is 0 Å². The van der Waals surface area contributed by atoms with E-state index in [0.29, 0.717) is 42.0 Å². The predicted molar refractivity (Wildman–Crippen MR) is 117 cm³/mol. The quantitative estimate of drug-likeness (QED) is 0.485. The van der Waals surface area contributed by atoms with Gasteiger partial charge in [0.2, 0.25) is 5.91 Å². The maximum atomic E-state index is 12.3. The van der Waals surface area contributed by atoms with E-state index in [4.69, 9.17) is 5.73 Å². The van der Waals surface area contributed by atoms with Gasteiger partial charge in [-0.05, 0) is 44.0 Å². The number of carbonyl (C=O) groups is 2. The molecule has 0 aliphatic heterocycles. The maximum Gasteiger partial charge on any atom is 0.251 e. The van der Waals surface area contributed by atoms with Crippen LogP contribution >= 0.6 is 0 Å². The number of nitrogens with two attached hydrogens (primary N) is 1. The van der Waals surface area contributed by atoms with Crippen molar-refractivity contribution in [2.45, 2.75) is 25.8 Å². The van der Waals surface area contributed by atoms with Crippen molar-refractivity contribution >= 4 is 17.6 Å². The standard InChI is InChI=1S/C23H24N6O2/c1-16(27-23(31)17-9-4-2-5-10-17)22(30)26-14-8-13-20-19(15-24)21(25)29(28-20)18-11-6-3-7-12-18/h2-7,9-12,16H,8,13-14,25H2,1H3,(H,26,30)(H,27,31)/t16-/m0/s1. The zero-order valence-corrected chi connectivity index (χ0v) is 17.2. The van der Waals surface area contributed by atoms with Crippen LogP contribution in [0.5, 0.6) is 0 Å². The van der Waals surface area contributed by atoms with Crippen LogP contribution in [0.3, 0.4) is 0 Å². The van der Waals surface area contributed by atoms with Crippen LogP contribution in [-0.2, 0) is 11.2 Å². The molecule has 8 nitrogen and oxygen atoms in total. The Kier molecular flexibility index (Phi) is 7.01. The van der Waals surface area contributed by atoms with Gasteiger partial charge in [0.25, 0.3) is 5.91 Å². The van der Waals surface area contributed by atoms with Gasteiger partial charge in [-0.3, -0.25) is 9.59 Å². The molecule has 0 aliphatic carbocycles. The summed E-state index contributed by atoms with van der Waals surface area (Å²) in [5, 5.41) is 19.4. The fourth-order valence-electron chi connectivity index (χ4n) is 3.10. The van der Waals surface area contributed by atoms with Crippen molar-refractivity contribution in [2.75, 3.05) is 12.3 Å². The molecule has 0 spiro atoms. The van der Waals surface area contributed by atoms with Gasteiger partial charge in [-0.25, -0.2) is 4.68 Å². The Morgan fingerprint density at radius 3 is 2.42 bits per heavy atom. The molecule has 0 aliphatic rings. The smallest absolute Gasteiger partial charge is 0.251 e. The van der Waals surface area contributed by atoms with Gasteiger partial charge < -0.3 is 16.4 Å². The Balaban J connectivity index is 1.52. The van der Waals surface area contributed by atoms with Gasteiger partial charge in [-0.15, -0.1) is 0 Å². The third-order valence-electron chi connectivity index (χ3n) is 4.77. The average molecular weight is 416 g/mol. The molecule has 4 N–H and O–H groups in total. The molecule has 1 heterocycles. The fourth-order valence-corrected chi connectivity index (χ4v) is 3.10. The lowest BCUT2D eigenvalue weighted by Gasteiger charge is -2.14. The maximum absolute atomic E-state index is 12.3. The number of nitrogen functional groups attached to an aromatic ring is 1. The highest BCUT2D eigenvalue weighted by Gasteiger charge is 2.18. The number of hydrogen-bond donors (Lipinski definition) is 3. The zero-order valence-electron chi connectivity index (χ0n) is 17.2. The third kappa shape index (κ3) is 5.28. The van der Waals surface area contributed by atoms with Crippen LogP contribution in [0.4, 0.5) is 5.82 Å². The molecule has 1 atom stereocenters. The number of aromatic nitrogens is 2. The number of nitrogens with one attached hydrogen (secondary N) is 2. The largest absolute Gasteiger partial charge is 0.382 e. The molecule has 2 amide bonds. The number of rotatable bonds is 8. The molecule has 0 bridgehead atoms. The highest BCUT2D eigenvalue weighted by molar-refractivity contribution is 5.97. The topological polar surface area (TPSA) is 126 Å². The number of nitrogens with zero attached hydrogens (tertiary/aromatic N) is 3. The minimum absolute atomic E-state index is 0.279. The summed E-state index contributed by atoms with van der Waals surface area (Å²) in [5.74, 6) is -0.284. The van der Waals surface area contributed by atoms with Crippen molar-refractivity contribution < 1.29 is 9.59 Å². The van der Waals surface area contributed by atoms with Crippen molar-refractivity contribution in [3.8, 4) is 11.8 Å². The Morgan fingerprint density at radius 2 is 1.77 bits per heavy atom. The van der Waals surface area contributed by atoms with Crippen molar-refractivity contribution in [3.05, 3.63) is 77.5 Å². The summed E-state index contributed by atoms with van der Waals surface area (Å²) < 4.78 is 1.55. The van der Waals surface area contributed by atoms with E-state index < -0.39 is 6.04 Å². The Hall–Kier alpha value is -4.12. The first kappa shape index (κ1) is 21.6. The molecule has 0 fully saturated rings. The number of carbonyl (C=O) groups excluding carboxylic acids is 2. The van der Waals surface area contributed by atoms with Gasteiger partial charge in [0.1, 0.15) is 23.5 Å². The summed E-state index contributed by atoms with van der Waals surface area (Å²) in [5.41, 5.74) is 8.31.